The van der Waals surface area contributed by atoms with Crippen LogP contribution in [0.25, 0.3) is 222 Å². The lowest BCUT2D eigenvalue weighted by Gasteiger charge is -2.17. The van der Waals surface area contributed by atoms with Gasteiger partial charge < -0.3 is 18.3 Å². The molecule has 6 heterocycles. The topological polar surface area (TPSA) is 71.3 Å². The second kappa shape index (κ2) is 32.0. The van der Waals surface area contributed by atoms with Crippen molar-refractivity contribution in [1.82, 2.24) is 38.2 Å². The summed E-state index contributed by atoms with van der Waals surface area (Å²) in [5, 5.41) is 11.3. The summed E-state index contributed by atoms with van der Waals surface area (Å²) in [6.45, 7) is 7.21. The lowest BCUT2D eigenvalue weighted by Crippen LogP contribution is -2.37. The van der Waals surface area contributed by atoms with Crippen LogP contribution in [0.2, 0.25) is 19.6 Å². The van der Waals surface area contributed by atoms with Gasteiger partial charge >= 0.3 is 0 Å². The van der Waals surface area contributed by atoms with Gasteiger partial charge in [0, 0.05) is 99.2 Å². The molecule has 0 aliphatic rings. The summed E-state index contributed by atoms with van der Waals surface area (Å²) >= 11 is 0. The smallest absolute Gasteiger partial charge is 0.160 e. The van der Waals surface area contributed by atoms with Crippen molar-refractivity contribution >= 4 is 100 Å². The Kier molecular flexibility index (Phi) is 19.1. The Balaban J connectivity index is 0.000000148. The van der Waals surface area contributed by atoms with Gasteiger partial charge in [0.05, 0.1) is 75.0 Å². The Morgan fingerprint density at radius 2 is 0.406 bits per heavy atom. The summed E-state index contributed by atoms with van der Waals surface area (Å²) < 4.78 is 9.60. The molecule has 0 bridgehead atoms. The molecular formula is C119H84N8Si. The monoisotopic (exact) mass is 1650 g/mol. The van der Waals surface area contributed by atoms with Crippen LogP contribution in [0, 0.1) is 0 Å². The first-order valence-electron chi connectivity index (χ1n) is 43.8. The van der Waals surface area contributed by atoms with Gasteiger partial charge in [-0.3, -0.25) is 0 Å². The van der Waals surface area contributed by atoms with Crippen molar-refractivity contribution in [1.29, 1.82) is 0 Å². The summed E-state index contributed by atoms with van der Waals surface area (Å²) in [6.07, 6.45) is 0. The number of benzene rings is 18. The standard InChI is InChI=1S/C64H42N4.C55H42N4Si/c1-4-15-43(16-5-1)44-27-29-45(30-28-44)46-31-35-52(36-32-46)67-61-26-13-11-24-55(61)57-40-49(34-38-62(57)67)50-33-37-56-54-23-10-12-25-60(54)68(63(56)41-50)53-22-14-21-51(39-53)64-65-58(47-17-6-2-7-18-47)42-59(66-64)48-19-8-3-9-20-48;1-60(2,3)44-29-27-42(28-30-44)58-52-24-13-11-22-46(52)48-34-39(26-32-53(48)58)40-25-31-47-45-21-10-12-23-51(45)59(54(47)35-40)43-20-14-19-41(33-43)55-56-49(37-15-6-4-7-16-37)36-50(57-55)38-17-8-5-9-18-38/h1-42H;4-36H,1-3H3. The molecule has 0 radical (unpaired) electrons. The highest BCUT2D eigenvalue weighted by atomic mass is 28.3. The van der Waals surface area contributed by atoms with Gasteiger partial charge in [-0.2, -0.15) is 0 Å². The minimum atomic E-state index is -1.41. The molecule has 0 N–H and O–H groups in total. The molecule has 0 atom stereocenters. The molecule has 24 aromatic rings. The van der Waals surface area contributed by atoms with E-state index in [1.54, 1.807) is 0 Å². The zero-order chi connectivity index (χ0) is 85.3. The molecule has 0 fully saturated rings. The number of aromatic nitrogens is 8. The van der Waals surface area contributed by atoms with E-state index in [2.05, 4.69) is 469 Å². The minimum Gasteiger partial charge on any atom is -0.309 e. The van der Waals surface area contributed by atoms with E-state index in [-0.39, 0.29) is 0 Å². The van der Waals surface area contributed by atoms with Crippen molar-refractivity contribution in [2.24, 2.45) is 0 Å². The van der Waals surface area contributed by atoms with Crippen molar-refractivity contribution < 1.29 is 0 Å². The molecule has 0 aliphatic heterocycles. The van der Waals surface area contributed by atoms with E-state index >= 15 is 0 Å². The van der Waals surface area contributed by atoms with Crippen LogP contribution in [-0.4, -0.2) is 46.3 Å². The van der Waals surface area contributed by atoms with Crippen LogP contribution < -0.4 is 5.19 Å². The van der Waals surface area contributed by atoms with E-state index in [0.717, 1.165) is 101 Å². The normalized spacial score (nSPS) is 11.7. The second-order valence-electron chi connectivity index (χ2n) is 34.1. The largest absolute Gasteiger partial charge is 0.309 e. The van der Waals surface area contributed by atoms with Gasteiger partial charge in [0.25, 0.3) is 0 Å². The number of hydrogen-bond donors (Lipinski definition) is 0. The molecule has 0 amide bonds. The van der Waals surface area contributed by atoms with E-state index in [1.807, 2.05) is 24.3 Å². The Labute approximate surface area is 743 Å². The SMILES string of the molecule is C[Si](C)(C)c1ccc(-n2c3ccccc3c3cc(-c4ccc5c6ccccc6n(-c6cccc(-c7nc(-c8ccccc8)cc(-c8ccccc8)n7)c6)c5c4)ccc32)cc1.c1ccc(-c2ccc(-c3ccc(-n4c5ccccc5c5cc(-c6ccc7c8ccccc8n(-c8cccc(-c9nc(-c%10ccccc%10)cc(-c%10ccccc%10)n9)c8)c7c6)ccc54)cc3)cc2)cc1. The Morgan fingerprint density at radius 1 is 0.156 bits per heavy atom. The molecule has 0 saturated carbocycles. The summed E-state index contributed by atoms with van der Waals surface area (Å²) in [5.74, 6) is 1.38. The zero-order valence-corrected chi connectivity index (χ0v) is 71.9. The Hall–Kier alpha value is -16.5. The van der Waals surface area contributed by atoms with E-state index < -0.39 is 8.07 Å². The second-order valence-corrected chi connectivity index (χ2v) is 39.2. The first-order valence-corrected chi connectivity index (χ1v) is 47.3. The molecule has 6 aromatic heterocycles. The number of hydrogen-bond acceptors (Lipinski definition) is 4. The van der Waals surface area contributed by atoms with Gasteiger partial charge in [-0.15, -0.1) is 0 Å². The number of rotatable bonds is 15. The molecule has 18 aromatic carbocycles. The summed E-state index contributed by atoms with van der Waals surface area (Å²) in [5.41, 5.74) is 33.1. The van der Waals surface area contributed by atoms with E-state index in [9.17, 15) is 0 Å². The highest BCUT2D eigenvalue weighted by Crippen LogP contribution is 2.44. The van der Waals surface area contributed by atoms with Crippen LogP contribution in [0.5, 0.6) is 0 Å². The zero-order valence-electron chi connectivity index (χ0n) is 70.9. The fourth-order valence-corrected chi connectivity index (χ4v) is 20.0. The lowest BCUT2D eigenvalue weighted by molar-refractivity contribution is 1.16. The van der Waals surface area contributed by atoms with E-state index in [1.165, 1.54) is 115 Å². The molecule has 8 nitrogen and oxygen atoms in total. The van der Waals surface area contributed by atoms with Gasteiger partial charge in [0.15, 0.2) is 11.6 Å². The molecule has 604 valence electrons. The van der Waals surface area contributed by atoms with Crippen LogP contribution in [0.3, 0.4) is 0 Å². The molecular weight excluding hydrogens is 1570 g/mol. The average molecular weight is 1650 g/mol. The third kappa shape index (κ3) is 14.0. The highest BCUT2D eigenvalue weighted by molar-refractivity contribution is 6.88. The molecule has 0 saturated heterocycles. The van der Waals surface area contributed by atoms with Crippen LogP contribution >= 0.6 is 0 Å². The van der Waals surface area contributed by atoms with E-state index in [4.69, 9.17) is 19.9 Å². The molecule has 128 heavy (non-hydrogen) atoms. The van der Waals surface area contributed by atoms with Crippen molar-refractivity contribution in [3.05, 3.63) is 455 Å². The maximum absolute atomic E-state index is 5.17. The average Bonchev–Trinajstić information content (AvgIpc) is 1.59. The fraction of sp³-hybridized carbons (Fsp3) is 0.0252. The van der Waals surface area contributed by atoms with Gasteiger partial charge in [0.2, 0.25) is 0 Å². The van der Waals surface area contributed by atoms with Gasteiger partial charge in [-0.05, 0) is 166 Å². The first-order chi connectivity index (χ1) is 63.1. The number of para-hydroxylation sites is 4. The van der Waals surface area contributed by atoms with Crippen molar-refractivity contribution in [3.8, 4) is 135 Å². The first kappa shape index (κ1) is 76.4. The molecule has 0 unspecified atom stereocenters. The molecule has 24 rings (SSSR count). The Morgan fingerprint density at radius 3 is 0.758 bits per heavy atom. The maximum Gasteiger partial charge on any atom is 0.160 e. The minimum absolute atomic E-state index is 0.686. The quantitative estimate of drug-likeness (QED) is 0.0959. The van der Waals surface area contributed by atoms with Gasteiger partial charge in [0.1, 0.15) is 0 Å². The predicted octanol–water partition coefficient (Wildman–Crippen LogP) is 30.6. The lowest BCUT2D eigenvalue weighted by atomic mass is 10.00. The summed E-state index contributed by atoms with van der Waals surface area (Å²) in [4.78, 5) is 20.7. The van der Waals surface area contributed by atoms with Crippen LogP contribution in [0.1, 0.15) is 0 Å². The third-order valence-electron chi connectivity index (χ3n) is 25.3. The van der Waals surface area contributed by atoms with Crippen LogP contribution in [-0.2, 0) is 0 Å². The predicted molar refractivity (Wildman–Crippen MR) is 539 cm³/mol. The Bertz CT molecular complexity index is 8240. The molecule has 0 aliphatic carbocycles. The number of fused-ring (bicyclic) bond motifs is 12. The van der Waals surface area contributed by atoms with Crippen LogP contribution in [0.15, 0.2) is 455 Å². The van der Waals surface area contributed by atoms with Crippen LogP contribution in [0.4, 0.5) is 0 Å². The van der Waals surface area contributed by atoms with Crippen molar-refractivity contribution in [2.45, 2.75) is 19.6 Å². The van der Waals surface area contributed by atoms with Gasteiger partial charge in [-0.25, -0.2) is 19.9 Å². The highest BCUT2D eigenvalue weighted by Gasteiger charge is 2.24. The molecule has 9 heteroatoms. The maximum atomic E-state index is 5.17. The van der Waals surface area contributed by atoms with Crippen molar-refractivity contribution in [2.75, 3.05) is 0 Å². The third-order valence-corrected chi connectivity index (χ3v) is 27.3. The molecule has 0 spiro atoms. The van der Waals surface area contributed by atoms with Gasteiger partial charge in [-0.1, -0.05) is 358 Å². The van der Waals surface area contributed by atoms with E-state index in [0.29, 0.717) is 11.6 Å². The fourth-order valence-electron chi connectivity index (χ4n) is 18.9. The number of nitrogens with zero attached hydrogens (tertiary/aromatic N) is 8. The summed E-state index contributed by atoms with van der Waals surface area (Å²) in [7, 11) is -1.41. The summed E-state index contributed by atoms with van der Waals surface area (Å²) in [6, 6.07) is 163. The van der Waals surface area contributed by atoms with Crippen molar-refractivity contribution in [3.63, 3.8) is 0 Å².